The minimum atomic E-state index is -0.482. The Balaban J connectivity index is 1.69. The third kappa shape index (κ3) is 5.19. The maximum absolute atomic E-state index is 12.3. The zero-order chi connectivity index (χ0) is 19.2. The van der Waals surface area contributed by atoms with Crippen LogP contribution in [0, 0.1) is 0 Å². The van der Waals surface area contributed by atoms with Crippen LogP contribution >= 0.6 is 23.4 Å². The number of carbonyl (C=O) groups is 1. The van der Waals surface area contributed by atoms with Crippen molar-refractivity contribution in [2.24, 2.45) is 4.99 Å². The number of anilines is 1. The Kier molecular flexibility index (Phi) is 5.89. The van der Waals surface area contributed by atoms with Crippen LogP contribution in [0.15, 0.2) is 65.6 Å². The van der Waals surface area contributed by atoms with Gasteiger partial charge in [0.05, 0.1) is 39.7 Å². The van der Waals surface area contributed by atoms with E-state index in [1.807, 2.05) is 0 Å². The van der Waals surface area contributed by atoms with Gasteiger partial charge in [0.2, 0.25) is 0 Å². The lowest BCUT2D eigenvalue weighted by Gasteiger charge is -2.10. The van der Waals surface area contributed by atoms with E-state index in [1.54, 1.807) is 12.1 Å². The normalized spacial score (nSPS) is 16.4. The number of hydrogen-bond acceptors (Lipinski definition) is 7. The largest absolute Gasteiger partial charge is 0.376 e. The Bertz CT molecular complexity index is 938. The minimum absolute atomic E-state index is 0.312. The van der Waals surface area contributed by atoms with Gasteiger partial charge in [0, 0.05) is 5.70 Å². The zero-order valence-electron chi connectivity index (χ0n) is 14.0. The second-order valence-corrected chi connectivity index (χ2v) is 6.65. The molecule has 3 heterocycles. The number of carbonyl (C=O) groups excluding carboxylic acids is 1. The standard InChI is InChI=1S/C16H15ClN8OS/c1-10-3-12(5-19-11(2)27-9-21-10)23-16(26)24-13-4-14(17)15(20-6-13)25-8-18-7-22-25/h3-8,21H,1-2,9H2,(H2,23,24,26)/b12-3+,19-5?. The maximum Gasteiger partial charge on any atom is 0.323 e. The molecule has 3 rings (SSSR count). The van der Waals surface area contributed by atoms with Crippen molar-refractivity contribution in [3.8, 4) is 5.82 Å². The monoisotopic (exact) mass is 402 g/mol. The molecule has 0 unspecified atom stereocenters. The molecule has 1 aliphatic rings. The summed E-state index contributed by atoms with van der Waals surface area (Å²) in [6.45, 7) is 7.67. The molecule has 0 radical (unpaired) electrons. The van der Waals surface area contributed by atoms with E-state index < -0.39 is 6.03 Å². The van der Waals surface area contributed by atoms with Gasteiger partial charge in [-0.1, -0.05) is 36.5 Å². The van der Waals surface area contributed by atoms with Gasteiger partial charge in [-0.05, 0) is 12.1 Å². The first-order valence-electron chi connectivity index (χ1n) is 7.60. The molecule has 9 nitrogen and oxygen atoms in total. The van der Waals surface area contributed by atoms with Crippen molar-refractivity contribution in [3.63, 3.8) is 0 Å². The molecule has 0 fully saturated rings. The molecule has 1 aliphatic heterocycles. The van der Waals surface area contributed by atoms with Crippen molar-refractivity contribution in [2.75, 3.05) is 11.2 Å². The Labute approximate surface area is 164 Å². The van der Waals surface area contributed by atoms with Crippen LogP contribution in [0.3, 0.4) is 0 Å². The van der Waals surface area contributed by atoms with E-state index >= 15 is 0 Å². The van der Waals surface area contributed by atoms with E-state index in [0.29, 0.717) is 38.8 Å². The van der Waals surface area contributed by atoms with Gasteiger partial charge in [-0.3, -0.25) is 0 Å². The highest BCUT2D eigenvalue weighted by atomic mass is 35.5. The second kappa shape index (κ2) is 8.52. The van der Waals surface area contributed by atoms with Crippen molar-refractivity contribution in [1.29, 1.82) is 0 Å². The molecule has 0 saturated carbocycles. The van der Waals surface area contributed by atoms with Crippen LogP contribution in [0.2, 0.25) is 5.02 Å². The van der Waals surface area contributed by atoms with Crippen molar-refractivity contribution in [3.05, 3.63) is 65.6 Å². The molecule has 3 N–H and O–H groups in total. The smallest absolute Gasteiger partial charge is 0.323 e. The average molecular weight is 403 g/mol. The molecule has 0 aromatic carbocycles. The fourth-order valence-corrected chi connectivity index (χ4v) is 2.82. The van der Waals surface area contributed by atoms with Crippen LogP contribution in [-0.2, 0) is 0 Å². The van der Waals surface area contributed by atoms with E-state index in [1.165, 1.54) is 41.5 Å². The highest BCUT2D eigenvalue weighted by Crippen LogP contribution is 2.21. The van der Waals surface area contributed by atoms with Gasteiger partial charge in [0.1, 0.15) is 12.7 Å². The maximum atomic E-state index is 12.3. The van der Waals surface area contributed by atoms with Crippen LogP contribution in [0.1, 0.15) is 0 Å². The summed E-state index contributed by atoms with van der Waals surface area (Å²) in [5.74, 6) is 0.998. The molecule has 0 bridgehead atoms. The Morgan fingerprint density at radius 1 is 1.37 bits per heavy atom. The molecule has 0 aliphatic carbocycles. The Morgan fingerprint density at radius 2 is 2.22 bits per heavy atom. The number of allylic oxidation sites excluding steroid dienone is 2. The van der Waals surface area contributed by atoms with E-state index in [2.05, 4.69) is 49.2 Å². The van der Waals surface area contributed by atoms with E-state index in [4.69, 9.17) is 11.6 Å². The topological polar surface area (TPSA) is 109 Å². The summed E-state index contributed by atoms with van der Waals surface area (Å²) in [6.07, 6.45) is 7.49. The molecule has 27 heavy (non-hydrogen) atoms. The summed E-state index contributed by atoms with van der Waals surface area (Å²) in [7, 11) is 0. The second-order valence-electron chi connectivity index (χ2n) is 5.19. The number of aliphatic imine (C=N–C) groups is 1. The first kappa shape index (κ1) is 18.7. The van der Waals surface area contributed by atoms with E-state index in [0.717, 1.165) is 0 Å². The number of halogens is 1. The number of thioether (sulfide) groups is 1. The third-order valence-electron chi connectivity index (χ3n) is 3.19. The molecule has 0 saturated heterocycles. The highest BCUT2D eigenvalue weighted by molar-refractivity contribution is 8.02. The van der Waals surface area contributed by atoms with Crippen molar-refractivity contribution in [1.82, 2.24) is 30.4 Å². The highest BCUT2D eigenvalue weighted by Gasteiger charge is 2.10. The summed E-state index contributed by atoms with van der Waals surface area (Å²) in [6, 6.07) is 1.08. The first-order chi connectivity index (χ1) is 13.0. The SMILES string of the molecule is C=C1/C=C(/NC(=O)Nc2cnc(-n3cncn3)c(Cl)c2)C=NC(=C)SCN1. The van der Waals surface area contributed by atoms with Crippen molar-refractivity contribution in [2.45, 2.75) is 0 Å². The number of rotatable bonds is 3. The molecule has 11 heteroatoms. The molecular formula is C16H15ClN8OS. The fraction of sp³-hybridized carbons (Fsp3) is 0.0625. The lowest BCUT2D eigenvalue weighted by molar-refractivity contribution is 0.254. The van der Waals surface area contributed by atoms with E-state index in [9.17, 15) is 4.79 Å². The van der Waals surface area contributed by atoms with Crippen LogP contribution in [0.4, 0.5) is 10.5 Å². The molecule has 138 valence electrons. The molecule has 0 spiro atoms. The van der Waals surface area contributed by atoms with Gasteiger partial charge in [-0.2, -0.15) is 5.10 Å². The summed E-state index contributed by atoms with van der Waals surface area (Å²) in [5, 5.41) is 13.3. The van der Waals surface area contributed by atoms with Gasteiger partial charge in [-0.15, -0.1) is 0 Å². The van der Waals surface area contributed by atoms with Gasteiger partial charge in [-0.25, -0.2) is 24.4 Å². The fourth-order valence-electron chi connectivity index (χ4n) is 2.01. The number of nitrogens with zero attached hydrogens (tertiary/aromatic N) is 5. The molecule has 0 atom stereocenters. The molecular weight excluding hydrogens is 388 g/mol. The lowest BCUT2D eigenvalue weighted by Crippen LogP contribution is -2.29. The summed E-state index contributed by atoms with van der Waals surface area (Å²) >= 11 is 7.64. The van der Waals surface area contributed by atoms with Crippen LogP contribution in [-0.4, -0.2) is 37.9 Å². The number of aromatic nitrogens is 4. The summed E-state index contributed by atoms with van der Waals surface area (Å²) in [4.78, 5) is 24.5. The van der Waals surface area contributed by atoms with Gasteiger partial charge >= 0.3 is 6.03 Å². The average Bonchev–Trinajstić information content (AvgIpc) is 3.15. The first-order valence-corrected chi connectivity index (χ1v) is 8.96. The quantitative estimate of drug-likeness (QED) is 0.728. The molecule has 2 amide bonds. The van der Waals surface area contributed by atoms with E-state index in [-0.39, 0.29) is 0 Å². The minimum Gasteiger partial charge on any atom is -0.376 e. The number of urea groups is 1. The number of pyridine rings is 1. The predicted octanol–water partition coefficient (Wildman–Crippen LogP) is 2.67. The van der Waals surface area contributed by atoms with Crippen LogP contribution in [0.25, 0.3) is 5.82 Å². The van der Waals surface area contributed by atoms with Crippen molar-refractivity contribution < 1.29 is 4.79 Å². The van der Waals surface area contributed by atoms with Gasteiger partial charge in [0.15, 0.2) is 5.82 Å². The Hall–Kier alpha value is -3.11. The number of amides is 2. The molecule has 2 aromatic rings. The summed E-state index contributed by atoms with van der Waals surface area (Å²) in [5.41, 5.74) is 1.51. The Morgan fingerprint density at radius 3 is 2.96 bits per heavy atom. The number of hydrogen-bond donors (Lipinski definition) is 3. The number of nitrogens with one attached hydrogen (secondary N) is 3. The summed E-state index contributed by atoms with van der Waals surface area (Å²) < 4.78 is 1.43. The third-order valence-corrected chi connectivity index (χ3v) is 4.19. The zero-order valence-corrected chi connectivity index (χ0v) is 15.6. The van der Waals surface area contributed by atoms with Gasteiger partial charge < -0.3 is 16.0 Å². The molecule has 2 aromatic heterocycles. The van der Waals surface area contributed by atoms with Crippen LogP contribution < -0.4 is 16.0 Å². The van der Waals surface area contributed by atoms with Gasteiger partial charge in [0.25, 0.3) is 0 Å². The predicted molar refractivity (Wildman–Crippen MR) is 107 cm³/mol. The van der Waals surface area contributed by atoms with Crippen molar-refractivity contribution >= 4 is 41.3 Å². The van der Waals surface area contributed by atoms with Crippen LogP contribution in [0.5, 0.6) is 0 Å². The lowest BCUT2D eigenvalue weighted by atomic mass is 10.3.